The molecule has 0 spiro atoms. The number of aliphatic imine (C=N–C) groups is 2. The normalized spacial score (nSPS) is 27.7. The molecule has 3 aliphatic heterocycles. The summed E-state index contributed by atoms with van der Waals surface area (Å²) in [6.07, 6.45) is -1.53. The number of carbonyl (C=O) groups excluding carboxylic acids is 1. The van der Waals surface area contributed by atoms with Crippen LogP contribution in [0.3, 0.4) is 0 Å². The van der Waals surface area contributed by atoms with E-state index in [4.69, 9.17) is 4.74 Å². The molecule has 2 N–H and O–H groups in total. The molecule has 0 saturated carbocycles. The number of anilines is 1. The van der Waals surface area contributed by atoms with Crippen LogP contribution in [-0.2, 0) is 15.7 Å². The van der Waals surface area contributed by atoms with Crippen LogP contribution in [0.4, 0.5) is 18.9 Å². The van der Waals surface area contributed by atoms with Crippen molar-refractivity contribution in [1.29, 1.82) is 0 Å². The summed E-state index contributed by atoms with van der Waals surface area (Å²) in [5.41, 5.74) is -2.85. The highest BCUT2D eigenvalue weighted by Gasteiger charge is 2.43. The van der Waals surface area contributed by atoms with Crippen LogP contribution >= 0.6 is 0 Å². The molecule has 0 radical (unpaired) electrons. The predicted octanol–water partition coefficient (Wildman–Crippen LogP) is 0.887. The van der Waals surface area contributed by atoms with Crippen LogP contribution in [0.5, 0.6) is 0 Å². The van der Waals surface area contributed by atoms with Crippen LogP contribution in [0, 0.1) is 0 Å². The Morgan fingerprint density at radius 1 is 1.24 bits per heavy atom. The summed E-state index contributed by atoms with van der Waals surface area (Å²) in [4.78, 5) is 38.4. The third kappa shape index (κ3) is 5.64. The van der Waals surface area contributed by atoms with Gasteiger partial charge < -0.3 is 24.5 Å². The van der Waals surface area contributed by atoms with E-state index in [1.807, 2.05) is 10.00 Å². The number of carbonyl (C=O) groups is 1. The van der Waals surface area contributed by atoms with Gasteiger partial charge in [0, 0.05) is 45.9 Å². The quantitative estimate of drug-likeness (QED) is 0.430. The number of piperidine rings is 1. The standard InChI is InChI=1S/C23H32F3N7O4/c1-3-28-22(27-2)31-9-6-15(17(34)12-31)33-10-7-18(21(33)36)37-13-14-5-4-8-32(14)16-11-29-30-20(35)19(16)23(24,25)26/h3,11,14-15,17-18,34H,4-10,12-13H2,1-2H3,(H,30,35)/b27-22+,28-3-/t14-,15+,17+,18+/m0/s1. The maximum atomic E-state index is 13.6. The Morgan fingerprint density at radius 3 is 2.70 bits per heavy atom. The van der Waals surface area contributed by atoms with Gasteiger partial charge in [0.25, 0.3) is 11.5 Å². The lowest BCUT2D eigenvalue weighted by Gasteiger charge is -2.40. The summed E-state index contributed by atoms with van der Waals surface area (Å²) < 4.78 is 46.6. The molecule has 1 aromatic heterocycles. The molecule has 1 amide bonds. The number of rotatable bonds is 5. The summed E-state index contributed by atoms with van der Waals surface area (Å²) in [7, 11) is 1.63. The first-order valence-corrected chi connectivity index (χ1v) is 12.4. The van der Waals surface area contributed by atoms with Crippen molar-refractivity contribution in [3.05, 3.63) is 22.1 Å². The number of likely N-dealkylation sites (tertiary alicyclic amines) is 2. The van der Waals surface area contributed by atoms with E-state index < -0.39 is 35.5 Å². The van der Waals surface area contributed by atoms with Crippen molar-refractivity contribution in [2.45, 2.75) is 63.1 Å². The molecule has 3 aliphatic rings. The fourth-order valence-corrected chi connectivity index (χ4v) is 5.45. The molecule has 1 aromatic rings. The van der Waals surface area contributed by atoms with E-state index in [1.165, 1.54) is 4.90 Å². The monoisotopic (exact) mass is 527 g/mol. The highest BCUT2D eigenvalue weighted by Crippen LogP contribution is 2.36. The van der Waals surface area contributed by atoms with E-state index in [0.29, 0.717) is 57.8 Å². The maximum absolute atomic E-state index is 13.6. The lowest BCUT2D eigenvalue weighted by Crippen LogP contribution is -2.56. The summed E-state index contributed by atoms with van der Waals surface area (Å²) in [5.74, 6) is 0.297. The van der Waals surface area contributed by atoms with Crippen LogP contribution in [0.25, 0.3) is 0 Å². The number of hydrogen-bond acceptors (Lipinski definition) is 7. The Kier molecular flexibility index (Phi) is 8.17. The molecule has 3 saturated heterocycles. The van der Waals surface area contributed by atoms with Crippen molar-refractivity contribution in [1.82, 2.24) is 20.0 Å². The zero-order chi connectivity index (χ0) is 26.7. The van der Waals surface area contributed by atoms with Gasteiger partial charge in [0.2, 0.25) is 5.96 Å². The molecule has 11 nitrogen and oxygen atoms in total. The van der Waals surface area contributed by atoms with Gasteiger partial charge in [-0.05, 0) is 26.2 Å². The molecule has 204 valence electrons. The van der Waals surface area contributed by atoms with Crippen LogP contribution in [0.15, 0.2) is 21.0 Å². The van der Waals surface area contributed by atoms with Crippen molar-refractivity contribution in [3.63, 3.8) is 0 Å². The largest absolute Gasteiger partial charge is 0.423 e. The Labute approximate surface area is 212 Å². The number of β-amino-alcohol motifs (C(OH)–C–C–N with tert-alkyl or cyclic N) is 1. The number of aliphatic hydroxyl groups is 1. The van der Waals surface area contributed by atoms with Crippen molar-refractivity contribution in [2.24, 2.45) is 9.98 Å². The van der Waals surface area contributed by atoms with Gasteiger partial charge in [-0.15, -0.1) is 0 Å². The molecule has 0 aromatic carbocycles. The molecule has 0 bridgehead atoms. The summed E-state index contributed by atoms with van der Waals surface area (Å²) in [5, 5.41) is 16.2. The van der Waals surface area contributed by atoms with Gasteiger partial charge in [-0.3, -0.25) is 14.6 Å². The van der Waals surface area contributed by atoms with E-state index in [9.17, 15) is 27.9 Å². The molecular formula is C23H32F3N7O4. The van der Waals surface area contributed by atoms with E-state index in [1.54, 1.807) is 25.1 Å². The molecule has 3 fully saturated rings. The Balaban J connectivity index is 1.37. The first-order chi connectivity index (χ1) is 17.7. The van der Waals surface area contributed by atoms with Gasteiger partial charge in [-0.2, -0.15) is 18.3 Å². The number of nitrogens with one attached hydrogen (secondary N) is 1. The number of aliphatic hydroxyl groups excluding tert-OH is 1. The minimum Gasteiger partial charge on any atom is -0.389 e. The molecule has 14 heteroatoms. The van der Waals surface area contributed by atoms with E-state index >= 15 is 0 Å². The average molecular weight is 528 g/mol. The topological polar surface area (TPSA) is 127 Å². The number of ether oxygens (including phenoxy) is 1. The molecular weight excluding hydrogens is 495 g/mol. The number of hydrogen-bond donors (Lipinski definition) is 2. The van der Waals surface area contributed by atoms with Crippen molar-refractivity contribution in [3.8, 4) is 0 Å². The van der Waals surface area contributed by atoms with Gasteiger partial charge in [-0.1, -0.05) is 0 Å². The number of alkyl halides is 3. The minimum atomic E-state index is -4.83. The fourth-order valence-electron chi connectivity index (χ4n) is 5.45. The summed E-state index contributed by atoms with van der Waals surface area (Å²) >= 11 is 0. The smallest absolute Gasteiger partial charge is 0.389 e. The summed E-state index contributed by atoms with van der Waals surface area (Å²) in [6, 6.07) is -0.785. The van der Waals surface area contributed by atoms with Gasteiger partial charge in [0.1, 0.15) is 11.7 Å². The molecule has 0 unspecified atom stereocenters. The zero-order valence-electron chi connectivity index (χ0n) is 20.8. The highest BCUT2D eigenvalue weighted by atomic mass is 19.4. The van der Waals surface area contributed by atoms with Crippen LogP contribution in [0.2, 0.25) is 0 Å². The number of aromatic amines is 1. The second-order valence-corrected chi connectivity index (χ2v) is 9.37. The molecule has 4 rings (SSSR count). The number of amides is 1. The fraction of sp³-hybridized carbons (Fsp3) is 0.696. The molecule has 4 atom stereocenters. The van der Waals surface area contributed by atoms with Gasteiger partial charge >= 0.3 is 6.18 Å². The second kappa shape index (κ2) is 11.2. The third-order valence-electron chi connectivity index (χ3n) is 7.16. The van der Waals surface area contributed by atoms with Gasteiger partial charge in [0.15, 0.2) is 0 Å². The van der Waals surface area contributed by atoms with E-state index in [2.05, 4.69) is 15.1 Å². The van der Waals surface area contributed by atoms with Crippen LogP contribution in [-0.4, -0.2) is 107 Å². The first kappa shape index (κ1) is 27.0. The van der Waals surface area contributed by atoms with Crippen molar-refractivity contribution in [2.75, 3.05) is 44.7 Å². The lowest BCUT2D eigenvalue weighted by molar-refractivity contribution is -0.142. The Hall–Kier alpha value is -3.00. The third-order valence-corrected chi connectivity index (χ3v) is 7.16. The predicted molar refractivity (Wildman–Crippen MR) is 130 cm³/mol. The number of nitrogens with zero attached hydrogens (tertiary/aromatic N) is 6. The highest BCUT2D eigenvalue weighted by molar-refractivity contribution is 5.87. The molecule has 37 heavy (non-hydrogen) atoms. The van der Waals surface area contributed by atoms with E-state index in [0.717, 1.165) is 6.20 Å². The van der Waals surface area contributed by atoms with Crippen LogP contribution in [0.1, 0.15) is 38.2 Å². The first-order valence-electron chi connectivity index (χ1n) is 12.4. The SMILES string of the molecule is C/C=N\C(=N/C)N1CC[C@@H](N2CC[C@@H](OC[C@@H]3CCCN3c3cn[nH]c(=O)c3C(F)(F)F)C2=O)[C@H](O)C1. The zero-order valence-corrected chi connectivity index (χ0v) is 20.8. The molecule has 4 heterocycles. The van der Waals surface area contributed by atoms with E-state index in [-0.39, 0.29) is 24.2 Å². The minimum absolute atomic E-state index is 0.0423. The number of halogens is 3. The van der Waals surface area contributed by atoms with Gasteiger partial charge in [-0.25, -0.2) is 10.1 Å². The van der Waals surface area contributed by atoms with Crippen LogP contribution < -0.4 is 10.5 Å². The Morgan fingerprint density at radius 2 is 2.03 bits per heavy atom. The van der Waals surface area contributed by atoms with Gasteiger partial charge in [0.05, 0.1) is 36.7 Å². The number of aromatic nitrogens is 2. The van der Waals surface area contributed by atoms with Crippen molar-refractivity contribution < 1.29 is 27.8 Å². The average Bonchev–Trinajstić information content (AvgIpc) is 3.46. The summed E-state index contributed by atoms with van der Waals surface area (Å²) in [6.45, 7) is 3.46. The lowest BCUT2D eigenvalue weighted by atomic mass is 10.0. The number of guanidine groups is 1. The second-order valence-electron chi connectivity index (χ2n) is 9.37. The maximum Gasteiger partial charge on any atom is 0.423 e. The van der Waals surface area contributed by atoms with Crippen molar-refractivity contribution >= 4 is 23.8 Å². The Bertz CT molecular complexity index is 1090. The number of H-pyrrole nitrogens is 1. The molecule has 0 aliphatic carbocycles.